The van der Waals surface area contributed by atoms with E-state index in [0.29, 0.717) is 5.56 Å². The van der Waals surface area contributed by atoms with E-state index in [1.807, 2.05) is 60.7 Å². The molecule has 0 radical (unpaired) electrons. The SMILES string of the molecule is O=C(Cc1ccc(F)cc1)NNC(=O)C(c1ccccc1)c1ccccc1. The number of hydrogen-bond donors (Lipinski definition) is 2. The smallest absolute Gasteiger partial charge is 0.250 e. The predicted octanol–water partition coefficient (Wildman–Crippen LogP) is 3.35. The van der Waals surface area contributed by atoms with Crippen molar-refractivity contribution in [1.82, 2.24) is 10.9 Å². The molecule has 0 aliphatic heterocycles. The van der Waals surface area contributed by atoms with Gasteiger partial charge in [0.05, 0.1) is 12.3 Å². The van der Waals surface area contributed by atoms with E-state index in [1.54, 1.807) is 0 Å². The minimum atomic E-state index is -0.543. The van der Waals surface area contributed by atoms with Gasteiger partial charge in [0, 0.05) is 0 Å². The van der Waals surface area contributed by atoms with Gasteiger partial charge in [0.2, 0.25) is 11.8 Å². The lowest BCUT2D eigenvalue weighted by molar-refractivity contribution is -0.128. The molecule has 136 valence electrons. The zero-order chi connectivity index (χ0) is 19.1. The monoisotopic (exact) mass is 362 g/mol. The second kappa shape index (κ2) is 8.76. The number of nitrogens with one attached hydrogen (secondary N) is 2. The molecule has 3 rings (SSSR count). The van der Waals surface area contributed by atoms with Crippen molar-refractivity contribution in [2.45, 2.75) is 12.3 Å². The van der Waals surface area contributed by atoms with Crippen LogP contribution in [0.25, 0.3) is 0 Å². The molecule has 0 fully saturated rings. The van der Waals surface area contributed by atoms with Crippen molar-refractivity contribution in [1.29, 1.82) is 0 Å². The Morgan fingerprint density at radius 3 is 1.78 bits per heavy atom. The van der Waals surface area contributed by atoms with Crippen LogP contribution < -0.4 is 10.9 Å². The molecule has 0 bridgehead atoms. The normalized spacial score (nSPS) is 10.4. The first-order chi connectivity index (χ1) is 13.1. The quantitative estimate of drug-likeness (QED) is 0.684. The van der Waals surface area contributed by atoms with E-state index >= 15 is 0 Å². The molecular weight excluding hydrogens is 343 g/mol. The molecule has 0 aliphatic rings. The van der Waals surface area contributed by atoms with Gasteiger partial charge in [-0.1, -0.05) is 72.8 Å². The Balaban J connectivity index is 1.68. The van der Waals surface area contributed by atoms with E-state index in [-0.39, 0.29) is 24.1 Å². The van der Waals surface area contributed by atoms with Crippen LogP contribution in [0, 0.1) is 5.82 Å². The molecule has 4 nitrogen and oxygen atoms in total. The van der Waals surface area contributed by atoms with Gasteiger partial charge in [-0.15, -0.1) is 0 Å². The summed E-state index contributed by atoms with van der Waals surface area (Å²) in [4.78, 5) is 24.8. The zero-order valence-electron chi connectivity index (χ0n) is 14.6. The number of benzene rings is 3. The fourth-order valence-electron chi connectivity index (χ4n) is 2.82. The summed E-state index contributed by atoms with van der Waals surface area (Å²) >= 11 is 0. The van der Waals surface area contributed by atoms with Gasteiger partial charge in [0.25, 0.3) is 0 Å². The van der Waals surface area contributed by atoms with E-state index in [1.165, 1.54) is 24.3 Å². The Kier molecular flexibility index (Phi) is 5.94. The average molecular weight is 362 g/mol. The highest BCUT2D eigenvalue weighted by Gasteiger charge is 2.22. The Hall–Kier alpha value is -3.47. The van der Waals surface area contributed by atoms with Crippen molar-refractivity contribution in [3.8, 4) is 0 Å². The fourth-order valence-corrected chi connectivity index (χ4v) is 2.82. The van der Waals surface area contributed by atoms with E-state index in [0.717, 1.165) is 11.1 Å². The van der Waals surface area contributed by atoms with Crippen LogP contribution in [0.2, 0.25) is 0 Å². The first kappa shape index (κ1) is 18.3. The third-order valence-corrected chi connectivity index (χ3v) is 4.13. The van der Waals surface area contributed by atoms with Crippen LogP contribution >= 0.6 is 0 Å². The summed E-state index contributed by atoms with van der Waals surface area (Å²) in [5.74, 6) is -1.62. The Labute approximate surface area is 157 Å². The van der Waals surface area contributed by atoms with Crippen molar-refractivity contribution in [3.63, 3.8) is 0 Å². The maximum absolute atomic E-state index is 12.9. The van der Waals surface area contributed by atoms with Gasteiger partial charge < -0.3 is 0 Å². The van der Waals surface area contributed by atoms with Crippen molar-refractivity contribution in [2.75, 3.05) is 0 Å². The second-order valence-electron chi connectivity index (χ2n) is 6.10. The highest BCUT2D eigenvalue weighted by molar-refractivity contribution is 5.89. The van der Waals surface area contributed by atoms with Crippen molar-refractivity contribution < 1.29 is 14.0 Å². The highest BCUT2D eigenvalue weighted by Crippen LogP contribution is 2.24. The summed E-state index contributed by atoms with van der Waals surface area (Å²) < 4.78 is 12.9. The van der Waals surface area contributed by atoms with Gasteiger partial charge in [0.15, 0.2) is 0 Å². The van der Waals surface area contributed by atoms with Crippen LogP contribution in [0.15, 0.2) is 84.9 Å². The topological polar surface area (TPSA) is 58.2 Å². The molecule has 0 atom stereocenters. The summed E-state index contributed by atoms with van der Waals surface area (Å²) in [5.41, 5.74) is 7.25. The lowest BCUT2D eigenvalue weighted by atomic mass is 9.91. The van der Waals surface area contributed by atoms with Gasteiger partial charge in [-0.25, -0.2) is 4.39 Å². The molecule has 0 saturated carbocycles. The van der Waals surface area contributed by atoms with Gasteiger partial charge in [-0.05, 0) is 28.8 Å². The first-order valence-electron chi connectivity index (χ1n) is 8.56. The number of carbonyl (C=O) groups excluding carboxylic acids is 2. The number of hydrogen-bond acceptors (Lipinski definition) is 2. The predicted molar refractivity (Wildman–Crippen MR) is 101 cm³/mol. The van der Waals surface area contributed by atoms with Gasteiger partial charge in [0.1, 0.15) is 5.82 Å². The Morgan fingerprint density at radius 1 is 0.741 bits per heavy atom. The molecule has 5 heteroatoms. The van der Waals surface area contributed by atoms with Crippen molar-refractivity contribution >= 4 is 11.8 Å². The third kappa shape index (κ3) is 5.01. The van der Waals surface area contributed by atoms with Crippen LogP contribution in [-0.2, 0) is 16.0 Å². The second-order valence-corrected chi connectivity index (χ2v) is 6.10. The van der Waals surface area contributed by atoms with Gasteiger partial charge in [-0.3, -0.25) is 20.4 Å². The van der Waals surface area contributed by atoms with Crippen LogP contribution in [0.3, 0.4) is 0 Å². The molecule has 2 N–H and O–H groups in total. The maximum atomic E-state index is 12.9. The lowest BCUT2D eigenvalue weighted by Gasteiger charge is -2.18. The van der Waals surface area contributed by atoms with Crippen LogP contribution in [0.5, 0.6) is 0 Å². The summed E-state index contributed by atoms with van der Waals surface area (Å²) in [6.07, 6.45) is 0.0436. The third-order valence-electron chi connectivity index (χ3n) is 4.13. The fraction of sp³-hybridized carbons (Fsp3) is 0.0909. The van der Waals surface area contributed by atoms with E-state index in [4.69, 9.17) is 0 Å². The minimum Gasteiger partial charge on any atom is -0.273 e. The van der Waals surface area contributed by atoms with E-state index in [2.05, 4.69) is 10.9 Å². The number of carbonyl (C=O) groups is 2. The molecule has 0 spiro atoms. The van der Waals surface area contributed by atoms with Crippen molar-refractivity contribution in [2.24, 2.45) is 0 Å². The first-order valence-corrected chi connectivity index (χ1v) is 8.56. The molecule has 0 heterocycles. The molecule has 27 heavy (non-hydrogen) atoms. The number of halogens is 1. The molecule has 0 aromatic heterocycles. The number of rotatable bonds is 5. The average Bonchev–Trinajstić information content (AvgIpc) is 2.70. The van der Waals surface area contributed by atoms with E-state index in [9.17, 15) is 14.0 Å². The minimum absolute atomic E-state index is 0.0436. The van der Waals surface area contributed by atoms with Crippen LogP contribution in [0.1, 0.15) is 22.6 Å². The molecule has 0 aliphatic carbocycles. The molecule has 0 unspecified atom stereocenters. The summed E-state index contributed by atoms with van der Waals surface area (Å²) in [6, 6.07) is 24.4. The Morgan fingerprint density at radius 2 is 1.26 bits per heavy atom. The maximum Gasteiger partial charge on any atom is 0.250 e. The number of amides is 2. The van der Waals surface area contributed by atoms with Crippen molar-refractivity contribution in [3.05, 3.63) is 107 Å². The molecule has 3 aromatic rings. The van der Waals surface area contributed by atoms with Gasteiger partial charge >= 0.3 is 0 Å². The molecule has 2 amide bonds. The molecule has 3 aromatic carbocycles. The summed E-state index contributed by atoms with van der Waals surface area (Å²) in [7, 11) is 0. The van der Waals surface area contributed by atoms with Crippen LogP contribution in [-0.4, -0.2) is 11.8 Å². The summed E-state index contributed by atoms with van der Waals surface area (Å²) in [5, 5.41) is 0. The summed E-state index contributed by atoms with van der Waals surface area (Å²) in [6.45, 7) is 0. The van der Waals surface area contributed by atoms with E-state index < -0.39 is 5.92 Å². The highest BCUT2D eigenvalue weighted by atomic mass is 19.1. The number of hydrazine groups is 1. The van der Waals surface area contributed by atoms with Crippen LogP contribution in [0.4, 0.5) is 4.39 Å². The zero-order valence-corrected chi connectivity index (χ0v) is 14.6. The van der Waals surface area contributed by atoms with Gasteiger partial charge in [-0.2, -0.15) is 0 Å². The Bertz CT molecular complexity index is 857. The lowest BCUT2D eigenvalue weighted by Crippen LogP contribution is -2.44. The molecule has 0 saturated heterocycles. The largest absolute Gasteiger partial charge is 0.273 e. The molecular formula is C22H19FN2O2. The standard InChI is InChI=1S/C22H19FN2O2/c23-19-13-11-16(12-14-19)15-20(26)24-25-22(27)21(17-7-3-1-4-8-17)18-9-5-2-6-10-18/h1-14,21H,15H2,(H,24,26)(H,25,27).